The highest BCUT2D eigenvalue weighted by molar-refractivity contribution is 14.1. The Balaban J connectivity index is 2.21. The first-order chi connectivity index (χ1) is 8.14. The van der Waals surface area contributed by atoms with Crippen molar-refractivity contribution in [2.75, 3.05) is 24.1 Å². The molecule has 17 heavy (non-hydrogen) atoms. The van der Waals surface area contributed by atoms with E-state index in [2.05, 4.69) is 22.6 Å². The van der Waals surface area contributed by atoms with Crippen molar-refractivity contribution >= 4 is 32.6 Å². The zero-order chi connectivity index (χ0) is 12.3. The number of nitrogens with zero attached hydrogens (tertiary/aromatic N) is 1. The summed E-state index contributed by atoms with van der Waals surface area (Å²) >= 11 is 2.21. The number of rotatable bonds is 3. The van der Waals surface area contributed by atoms with Gasteiger partial charge in [0.05, 0.1) is 17.6 Å². The second-order valence-corrected chi connectivity index (χ2v) is 6.64. The van der Waals surface area contributed by atoms with Gasteiger partial charge in [0.2, 0.25) is 10.0 Å². The van der Waals surface area contributed by atoms with Crippen molar-refractivity contribution in [1.82, 2.24) is 4.31 Å². The fourth-order valence-corrected chi connectivity index (χ4v) is 3.75. The van der Waals surface area contributed by atoms with E-state index in [0.29, 0.717) is 24.6 Å². The maximum atomic E-state index is 12.3. The maximum Gasteiger partial charge on any atom is 0.243 e. The van der Waals surface area contributed by atoms with Crippen molar-refractivity contribution < 1.29 is 13.2 Å². The van der Waals surface area contributed by atoms with Crippen LogP contribution in [0.3, 0.4) is 0 Å². The molecule has 0 radical (unpaired) electrons. The molecule has 4 nitrogen and oxygen atoms in total. The monoisotopic (exact) mass is 367 g/mol. The Morgan fingerprint density at radius 2 is 2.06 bits per heavy atom. The fraction of sp³-hybridized carbons (Fsp3) is 0.455. The molecule has 0 bridgehead atoms. The summed E-state index contributed by atoms with van der Waals surface area (Å²) in [5.74, 6) is 0. The van der Waals surface area contributed by atoms with Crippen LogP contribution in [-0.4, -0.2) is 43.0 Å². The molecule has 1 aromatic rings. The number of morpholine rings is 1. The lowest BCUT2D eigenvalue weighted by Crippen LogP contribution is -2.46. The average molecular weight is 367 g/mol. The molecule has 2 rings (SSSR count). The normalized spacial score (nSPS) is 22.5. The number of sulfonamides is 1. The van der Waals surface area contributed by atoms with Crippen LogP contribution in [0.5, 0.6) is 0 Å². The third kappa shape index (κ3) is 2.98. The van der Waals surface area contributed by atoms with Crippen molar-refractivity contribution in [2.45, 2.75) is 11.0 Å². The zero-order valence-corrected chi connectivity index (χ0v) is 12.2. The highest BCUT2D eigenvalue weighted by Crippen LogP contribution is 2.18. The number of halogens is 1. The van der Waals surface area contributed by atoms with E-state index >= 15 is 0 Å². The van der Waals surface area contributed by atoms with E-state index in [9.17, 15) is 8.42 Å². The summed E-state index contributed by atoms with van der Waals surface area (Å²) in [7, 11) is -3.36. The van der Waals surface area contributed by atoms with Crippen LogP contribution in [-0.2, 0) is 14.8 Å². The third-order valence-corrected chi connectivity index (χ3v) is 5.52. The van der Waals surface area contributed by atoms with Gasteiger partial charge in [-0.25, -0.2) is 8.42 Å². The molecule has 1 saturated heterocycles. The highest BCUT2D eigenvalue weighted by Gasteiger charge is 2.29. The van der Waals surface area contributed by atoms with Gasteiger partial charge in [-0.2, -0.15) is 4.31 Å². The highest BCUT2D eigenvalue weighted by atomic mass is 127. The lowest BCUT2D eigenvalue weighted by atomic mass is 10.3. The molecular formula is C11H14INO3S. The summed E-state index contributed by atoms with van der Waals surface area (Å²) in [5.41, 5.74) is 0. The Hall–Kier alpha value is -0.180. The third-order valence-electron chi connectivity index (χ3n) is 2.65. The van der Waals surface area contributed by atoms with E-state index in [1.54, 1.807) is 24.3 Å². The van der Waals surface area contributed by atoms with Crippen molar-refractivity contribution in [1.29, 1.82) is 0 Å². The van der Waals surface area contributed by atoms with Gasteiger partial charge in [0, 0.05) is 17.5 Å². The van der Waals surface area contributed by atoms with Gasteiger partial charge in [0.15, 0.2) is 0 Å². The molecule has 0 amide bonds. The molecule has 0 saturated carbocycles. The SMILES string of the molecule is O=S(=O)(c1ccccc1)N1CCOC(CI)C1. The lowest BCUT2D eigenvalue weighted by Gasteiger charge is -2.31. The Morgan fingerprint density at radius 3 is 2.71 bits per heavy atom. The van der Waals surface area contributed by atoms with Crippen LogP contribution in [0.2, 0.25) is 0 Å². The largest absolute Gasteiger partial charge is 0.375 e. The van der Waals surface area contributed by atoms with Gasteiger partial charge in [0.25, 0.3) is 0 Å². The lowest BCUT2D eigenvalue weighted by molar-refractivity contribution is 0.0146. The molecule has 0 spiro atoms. The Kier molecular flexibility index (Phi) is 4.40. The Labute approximate surface area is 115 Å². The van der Waals surface area contributed by atoms with Gasteiger partial charge in [-0.3, -0.25) is 0 Å². The van der Waals surface area contributed by atoms with Crippen LogP contribution in [0.15, 0.2) is 35.2 Å². The molecule has 0 aliphatic carbocycles. The van der Waals surface area contributed by atoms with E-state index < -0.39 is 10.0 Å². The molecule has 1 fully saturated rings. The standard InChI is InChI=1S/C11H14INO3S/c12-8-10-9-13(6-7-16-10)17(14,15)11-4-2-1-3-5-11/h1-5,10H,6-9H2. The molecule has 1 aliphatic rings. The summed E-state index contributed by atoms with van der Waals surface area (Å²) in [6.07, 6.45) is 0.00263. The first-order valence-corrected chi connectivity index (χ1v) is 8.34. The van der Waals surface area contributed by atoms with E-state index in [1.807, 2.05) is 6.07 Å². The summed E-state index contributed by atoms with van der Waals surface area (Å²) in [4.78, 5) is 0.356. The minimum absolute atomic E-state index is 0.00263. The first-order valence-electron chi connectivity index (χ1n) is 5.37. The van der Waals surface area contributed by atoms with Crippen molar-refractivity contribution in [3.63, 3.8) is 0 Å². The van der Waals surface area contributed by atoms with E-state index in [4.69, 9.17) is 4.74 Å². The van der Waals surface area contributed by atoms with E-state index in [1.165, 1.54) is 4.31 Å². The van der Waals surface area contributed by atoms with Gasteiger partial charge >= 0.3 is 0 Å². The van der Waals surface area contributed by atoms with Crippen LogP contribution >= 0.6 is 22.6 Å². The Morgan fingerprint density at radius 1 is 1.35 bits per heavy atom. The van der Waals surface area contributed by atoms with E-state index in [-0.39, 0.29) is 6.10 Å². The number of ether oxygens (including phenoxy) is 1. The molecule has 0 aromatic heterocycles. The van der Waals surface area contributed by atoms with Crippen LogP contribution in [0.4, 0.5) is 0 Å². The molecule has 1 atom stereocenters. The van der Waals surface area contributed by atoms with E-state index in [0.717, 1.165) is 4.43 Å². The number of benzene rings is 1. The van der Waals surface area contributed by atoms with Crippen LogP contribution in [0.1, 0.15) is 0 Å². The van der Waals surface area contributed by atoms with Gasteiger partial charge in [0.1, 0.15) is 0 Å². The second-order valence-electron chi connectivity index (χ2n) is 3.82. The number of alkyl halides is 1. The minimum atomic E-state index is -3.36. The Bertz CT molecular complexity index is 463. The van der Waals surface area contributed by atoms with Crippen molar-refractivity contribution in [3.8, 4) is 0 Å². The molecule has 0 N–H and O–H groups in total. The summed E-state index contributed by atoms with van der Waals surface area (Å²) in [6.45, 7) is 1.35. The maximum absolute atomic E-state index is 12.3. The molecule has 94 valence electrons. The molecule has 6 heteroatoms. The predicted octanol–water partition coefficient (Wildman–Crippen LogP) is 1.51. The summed E-state index contributed by atoms with van der Waals surface area (Å²) in [5, 5.41) is 0. The smallest absolute Gasteiger partial charge is 0.243 e. The minimum Gasteiger partial charge on any atom is -0.375 e. The van der Waals surface area contributed by atoms with Crippen LogP contribution in [0.25, 0.3) is 0 Å². The molecule has 1 aromatic carbocycles. The second kappa shape index (κ2) is 5.64. The van der Waals surface area contributed by atoms with Crippen LogP contribution in [0, 0.1) is 0 Å². The van der Waals surface area contributed by atoms with Crippen molar-refractivity contribution in [3.05, 3.63) is 30.3 Å². The first kappa shape index (κ1) is 13.3. The van der Waals surface area contributed by atoms with Gasteiger partial charge in [-0.05, 0) is 12.1 Å². The summed E-state index contributed by atoms with van der Waals surface area (Å²) < 4.78 is 32.4. The molecule has 1 unspecified atom stereocenters. The number of hydrogen-bond donors (Lipinski definition) is 0. The number of hydrogen-bond acceptors (Lipinski definition) is 3. The average Bonchev–Trinajstić information content (AvgIpc) is 2.40. The predicted molar refractivity (Wildman–Crippen MR) is 73.8 cm³/mol. The molecule has 1 aliphatic heterocycles. The quantitative estimate of drug-likeness (QED) is 0.601. The van der Waals surface area contributed by atoms with Gasteiger partial charge in [-0.15, -0.1) is 0 Å². The fourth-order valence-electron chi connectivity index (χ4n) is 1.75. The van der Waals surface area contributed by atoms with Crippen molar-refractivity contribution in [2.24, 2.45) is 0 Å². The molecule has 1 heterocycles. The van der Waals surface area contributed by atoms with Gasteiger partial charge in [-0.1, -0.05) is 40.8 Å². The van der Waals surface area contributed by atoms with Crippen LogP contribution < -0.4 is 0 Å². The molecular weight excluding hydrogens is 353 g/mol. The topological polar surface area (TPSA) is 46.6 Å². The summed E-state index contributed by atoms with van der Waals surface area (Å²) in [6, 6.07) is 8.55. The zero-order valence-electron chi connectivity index (χ0n) is 9.25. The van der Waals surface area contributed by atoms with Gasteiger partial charge < -0.3 is 4.74 Å².